The van der Waals surface area contributed by atoms with Gasteiger partial charge in [-0.1, -0.05) is 6.92 Å². The molecular formula is C15H31NO4. The van der Waals surface area contributed by atoms with Crippen molar-refractivity contribution in [2.45, 2.75) is 50.7 Å². The van der Waals surface area contributed by atoms with Gasteiger partial charge in [-0.2, -0.15) is 0 Å². The second-order valence-electron chi connectivity index (χ2n) is 5.56. The monoisotopic (exact) mass is 289 g/mol. The molecule has 0 amide bonds. The Morgan fingerprint density at radius 1 is 1.25 bits per heavy atom. The fourth-order valence-corrected chi connectivity index (χ4v) is 2.72. The number of rotatable bonds is 11. The van der Waals surface area contributed by atoms with E-state index in [1.54, 1.807) is 7.11 Å². The molecule has 120 valence electrons. The van der Waals surface area contributed by atoms with Crippen molar-refractivity contribution in [3.05, 3.63) is 0 Å². The van der Waals surface area contributed by atoms with Gasteiger partial charge in [0.05, 0.1) is 39.1 Å². The topological polar surface area (TPSA) is 60.0 Å². The zero-order chi connectivity index (χ0) is 14.7. The van der Waals surface area contributed by atoms with Gasteiger partial charge in [0.15, 0.2) is 0 Å². The lowest BCUT2D eigenvalue weighted by Crippen LogP contribution is -2.53. The van der Waals surface area contributed by atoms with Crippen molar-refractivity contribution < 1.29 is 19.3 Å². The first-order valence-electron chi connectivity index (χ1n) is 7.80. The summed E-state index contributed by atoms with van der Waals surface area (Å²) in [5, 5.41) is 13.2. The van der Waals surface area contributed by atoms with E-state index >= 15 is 0 Å². The van der Waals surface area contributed by atoms with Crippen LogP contribution in [0.2, 0.25) is 0 Å². The van der Waals surface area contributed by atoms with Crippen molar-refractivity contribution >= 4 is 0 Å². The molecule has 5 heteroatoms. The van der Waals surface area contributed by atoms with Crippen LogP contribution in [-0.2, 0) is 14.2 Å². The molecule has 2 atom stereocenters. The van der Waals surface area contributed by atoms with E-state index in [0.29, 0.717) is 26.4 Å². The summed E-state index contributed by atoms with van der Waals surface area (Å²) in [6.07, 6.45) is 5.42. The molecule has 0 aromatic heterocycles. The second kappa shape index (κ2) is 10.5. The summed E-state index contributed by atoms with van der Waals surface area (Å²) in [6, 6.07) is 0. The summed E-state index contributed by atoms with van der Waals surface area (Å²) in [5.41, 5.74) is -0.143. The minimum atomic E-state index is -0.143. The van der Waals surface area contributed by atoms with Crippen LogP contribution in [0.15, 0.2) is 0 Å². The fourth-order valence-electron chi connectivity index (χ4n) is 2.72. The quantitative estimate of drug-likeness (QED) is 0.562. The van der Waals surface area contributed by atoms with Crippen molar-refractivity contribution in [1.82, 2.24) is 5.32 Å². The molecule has 0 aliphatic heterocycles. The van der Waals surface area contributed by atoms with E-state index in [0.717, 1.165) is 38.6 Å². The molecule has 1 saturated carbocycles. The second-order valence-corrected chi connectivity index (χ2v) is 5.56. The van der Waals surface area contributed by atoms with Crippen LogP contribution in [0.4, 0.5) is 0 Å². The molecule has 2 unspecified atom stereocenters. The number of methoxy groups -OCH3 is 1. The van der Waals surface area contributed by atoms with Crippen LogP contribution in [0.3, 0.4) is 0 Å². The SMILES string of the molecule is CCCNC1(CO)CCCC(OCCOCCOC)C1. The van der Waals surface area contributed by atoms with Gasteiger partial charge in [0.25, 0.3) is 0 Å². The Morgan fingerprint density at radius 2 is 2.05 bits per heavy atom. The molecule has 0 spiro atoms. The maximum atomic E-state index is 9.70. The highest BCUT2D eigenvalue weighted by atomic mass is 16.5. The van der Waals surface area contributed by atoms with Crippen LogP contribution in [0, 0.1) is 0 Å². The summed E-state index contributed by atoms with van der Waals surface area (Å²) in [6.45, 7) is 5.75. The highest BCUT2D eigenvalue weighted by molar-refractivity contribution is 4.93. The Kier molecular flexibility index (Phi) is 9.39. The number of aliphatic hydroxyl groups excluding tert-OH is 1. The van der Waals surface area contributed by atoms with Crippen molar-refractivity contribution in [1.29, 1.82) is 0 Å². The van der Waals surface area contributed by atoms with Crippen molar-refractivity contribution in [3.8, 4) is 0 Å². The standard InChI is InChI=1S/C15H31NO4/c1-3-7-16-15(13-17)6-4-5-14(12-15)20-11-10-19-9-8-18-2/h14,16-17H,3-13H2,1-2H3. The molecule has 20 heavy (non-hydrogen) atoms. The zero-order valence-electron chi connectivity index (χ0n) is 13.0. The van der Waals surface area contributed by atoms with E-state index in [4.69, 9.17) is 14.2 Å². The third-order valence-corrected chi connectivity index (χ3v) is 3.87. The van der Waals surface area contributed by atoms with Crippen LogP contribution < -0.4 is 5.32 Å². The summed E-state index contributed by atoms with van der Waals surface area (Å²) < 4.78 is 16.2. The summed E-state index contributed by atoms with van der Waals surface area (Å²) >= 11 is 0. The lowest BCUT2D eigenvalue weighted by Gasteiger charge is -2.40. The summed E-state index contributed by atoms with van der Waals surface area (Å²) in [7, 11) is 1.67. The molecular weight excluding hydrogens is 258 g/mol. The first-order chi connectivity index (χ1) is 9.76. The molecule has 0 aromatic carbocycles. The molecule has 0 radical (unpaired) electrons. The molecule has 0 aromatic rings. The maximum Gasteiger partial charge on any atom is 0.0704 e. The first-order valence-corrected chi connectivity index (χ1v) is 7.80. The maximum absolute atomic E-state index is 9.70. The predicted molar refractivity (Wildman–Crippen MR) is 79.0 cm³/mol. The van der Waals surface area contributed by atoms with E-state index in [-0.39, 0.29) is 18.2 Å². The minimum absolute atomic E-state index is 0.143. The predicted octanol–water partition coefficient (Wildman–Crippen LogP) is 1.34. The van der Waals surface area contributed by atoms with E-state index in [2.05, 4.69) is 12.2 Å². The molecule has 0 bridgehead atoms. The van der Waals surface area contributed by atoms with Crippen LogP contribution in [0.25, 0.3) is 0 Å². The molecule has 5 nitrogen and oxygen atoms in total. The summed E-state index contributed by atoms with van der Waals surface area (Å²) in [4.78, 5) is 0. The molecule has 0 saturated heterocycles. The number of hydrogen-bond donors (Lipinski definition) is 2. The third-order valence-electron chi connectivity index (χ3n) is 3.87. The molecule has 1 rings (SSSR count). The van der Waals surface area contributed by atoms with E-state index in [1.807, 2.05) is 0 Å². The van der Waals surface area contributed by atoms with E-state index in [9.17, 15) is 5.11 Å². The molecule has 0 heterocycles. The average Bonchev–Trinajstić information content (AvgIpc) is 2.49. The molecule has 1 fully saturated rings. The molecule has 1 aliphatic carbocycles. The van der Waals surface area contributed by atoms with Gasteiger partial charge in [-0.3, -0.25) is 0 Å². The Labute approximate surface area is 123 Å². The minimum Gasteiger partial charge on any atom is -0.394 e. The van der Waals surface area contributed by atoms with Gasteiger partial charge < -0.3 is 24.6 Å². The largest absolute Gasteiger partial charge is 0.394 e. The summed E-state index contributed by atoms with van der Waals surface area (Å²) in [5.74, 6) is 0. The van der Waals surface area contributed by atoms with Crippen molar-refractivity contribution in [2.75, 3.05) is 46.7 Å². The highest BCUT2D eigenvalue weighted by Gasteiger charge is 2.35. The third kappa shape index (κ3) is 6.50. The lowest BCUT2D eigenvalue weighted by atomic mass is 9.80. The normalized spacial score (nSPS) is 26.9. The van der Waals surface area contributed by atoms with E-state index in [1.165, 1.54) is 0 Å². The Balaban J connectivity index is 2.22. The Hall–Kier alpha value is -0.200. The Morgan fingerprint density at radius 3 is 2.75 bits per heavy atom. The van der Waals surface area contributed by atoms with Crippen LogP contribution >= 0.6 is 0 Å². The van der Waals surface area contributed by atoms with Gasteiger partial charge in [-0.05, 0) is 38.6 Å². The van der Waals surface area contributed by atoms with Gasteiger partial charge >= 0.3 is 0 Å². The van der Waals surface area contributed by atoms with Gasteiger partial charge in [-0.15, -0.1) is 0 Å². The number of hydrogen-bond acceptors (Lipinski definition) is 5. The first kappa shape index (κ1) is 17.9. The Bertz CT molecular complexity index is 240. The van der Waals surface area contributed by atoms with Gasteiger partial charge in [0, 0.05) is 12.6 Å². The lowest BCUT2D eigenvalue weighted by molar-refractivity contribution is -0.0418. The van der Waals surface area contributed by atoms with Gasteiger partial charge in [0.1, 0.15) is 0 Å². The number of nitrogens with one attached hydrogen (secondary N) is 1. The molecule has 1 aliphatic rings. The van der Waals surface area contributed by atoms with Gasteiger partial charge in [0.2, 0.25) is 0 Å². The van der Waals surface area contributed by atoms with Crippen LogP contribution in [0.1, 0.15) is 39.0 Å². The van der Waals surface area contributed by atoms with Crippen molar-refractivity contribution in [2.24, 2.45) is 0 Å². The van der Waals surface area contributed by atoms with Crippen molar-refractivity contribution in [3.63, 3.8) is 0 Å². The number of aliphatic hydroxyl groups is 1. The average molecular weight is 289 g/mol. The smallest absolute Gasteiger partial charge is 0.0704 e. The zero-order valence-corrected chi connectivity index (χ0v) is 13.0. The number of ether oxygens (including phenoxy) is 3. The van der Waals surface area contributed by atoms with Crippen LogP contribution in [-0.4, -0.2) is 63.4 Å². The molecule has 2 N–H and O–H groups in total. The fraction of sp³-hybridized carbons (Fsp3) is 1.00. The van der Waals surface area contributed by atoms with E-state index < -0.39 is 0 Å². The van der Waals surface area contributed by atoms with Gasteiger partial charge in [-0.25, -0.2) is 0 Å². The van der Waals surface area contributed by atoms with Crippen LogP contribution in [0.5, 0.6) is 0 Å². The highest BCUT2D eigenvalue weighted by Crippen LogP contribution is 2.29.